The Balaban J connectivity index is 1.59. The average molecular weight is 492 g/mol. The zero-order chi connectivity index (χ0) is 24.7. The van der Waals surface area contributed by atoms with Crippen molar-refractivity contribution in [1.29, 1.82) is 0 Å². The van der Waals surface area contributed by atoms with E-state index in [-0.39, 0.29) is 18.7 Å². The summed E-state index contributed by atoms with van der Waals surface area (Å²) in [7, 11) is -3.33. The number of amides is 1. The molecule has 0 fully saturated rings. The van der Waals surface area contributed by atoms with Crippen molar-refractivity contribution in [1.82, 2.24) is 15.3 Å². The van der Waals surface area contributed by atoms with Crippen LogP contribution in [0.1, 0.15) is 16.1 Å². The van der Waals surface area contributed by atoms with Crippen LogP contribution in [0.25, 0.3) is 0 Å². The lowest BCUT2D eigenvalue weighted by Gasteiger charge is -2.12. The topological polar surface area (TPSA) is 122 Å². The van der Waals surface area contributed by atoms with Crippen LogP contribution >= 0.6 is 0 Å². The average Bonchev–Trinajstić information content (AvgIpc) is 2.81. The van der Waals surface area contributed by atoms with Crippen LogP contribution in [-0.4, -0.2) is 50.2 Å². The van der Waals surface area contributed by atoms with Gasteiger partial charge in [0.25, 0.3) is 5.91 Å². The number of aromatic nitrogens is 2. The van der Waals surface area contributed by atoms with Crippen molar-refractivity contribution in [2.45, 2.75) is 17.6 Å². The Morgan fingerprint density at radius 1 is 1.06 bits per heavy atom. The maximum Gasteiger partial charge on any atom is 0.341 e. The van der Waals surface area contributed by atoms with Crippen molar-refractivity contribution in [2.75, 3.05) is 30.8 Å². The Hall–Kier alpha value is -3.80. The minimum atomic E-state index is -4.91. The Kier molecular flexibility index (Phi) is 7.95. The summed E-state index contributed by atoms with van der Waals surface area (Å²) in [5, 5.41) is 8.63. The molecular formula is C22H23F2N5O4S. The van der Waals surface area contributed by atoms with Crippen LogP contribution in [0.3, 0.4) is 0 Å². The fourth-order valence-electron chi connectivity index (χ4n) is 2.98. The number of methoxy groups -OCH3 is 1. The first-order valence-electron chi connectivity index (χ1n) is 10.1. The number of sulfone groups is 1. The lowest BCUT2D eigenvalue weighted by atomic mass is 10.2. The van der Waals surface area contributed by atoms with Gasteiger partial charge in [-0.1, -0.05) is 12.1 Å². The molecule has 0 atom stereocenters. The summed E-state index contributed by atoms with van der Waals surface area (Å²) in [5.41, 5.74) is 1.15. The summed E-state index contributed by atoms with van der Waals surface area (Å²) in [6, 6.07) is 13.9. The van der Waals surface area contributed by atoms with Crippen LogP contribution in [0.4, 0.5) is 26.2 Å². The van der Waals surface area contributed by atoms with Gasteiger partial charge in [0.2, 0.25) is 15.8 Å². The minimum absolute atomic E-state index is 0.0699. The summed E-state index contributed by atoms with van der Waals surface area (Å²) in [6.07, 6.45) is 0. The van der Waals surface area contributed by atoms with E-state index in [0.717, 1.165) is 17.5 Å². The first-order valence-corrected chi connectivity index (χ1v) is 11.7. The molecule has 34 heavy (non-hydrogen) atoms. The van der Waals surface area contributed by atoms with Crippen LogP contribution in [0.5, 0.6) is 5.75 Å². The van der Waals surface area contributed by atoms with Crippen molar-refractivity contribution in [2.24, 2.45) is 0 Å². The van der Waals surface area contributed by atoms with Gasteiger partial charge in [-0.15, -0.1) is 0 Å². The fraction of sp³-hybridized carbons (Fsp3) is 0.227. The number of halogens is 2. The molecule has 0 bridgehead atoms. The third-order valence-corrected chi connectivity index (χ3v) is 6.02. The zero-order valence-corrected chi connectivity index (χ0v) is 19.2. The van der Waals surface area contributed by atoms with E-state index in [1.165, 1.54) is 18.2 Å². The molecule has 2 aromatic carbocycles. The molecule has 180 valence electrons. The van der Waals surface area contributed by atoms with E-state index in [2.05, 4.69) is 25.9 Å². The molecule has 12 heteroatoms. The molecule has 3 rings (SSSR count). The van der Waals surface area contributed by atoms with E-state index in [1.54, 1.807) is 20.1 Å². The van der Waals surface area contributed by atoms with Crippen molar-refractivity contribution in [3.63, 3.8) is 0 Å². The largest absolute Gasteiger partial charge is 0.497 e. The minimum Gasteiger partial charge on any atom is -0.497 e. The molecule has 0 aliphatic rings. The second-order valence-corrected chi connectivity index (χ2v) is 8.94. The van der Waals surface area contributed by atoms with Gasteiger partial charge in [-0.3, -0.25) is 4.79 Å². The van der Waals surface area contributed by atoms with Crippen LogP contribution in [0, 0.1) is 6.92 Å². The summed E-state index contributed by atoms with van der Waals surface area (Å²) in [4.78, 5) is 20.3. The van der Waals surface area contributed by atoms with E-state index in [4.69, 9.17) is 4.74 Å². The highest BCUT2D eigenvalue weighted by Gasteiger charge is 2.30. The number of aryl methyl sites for hydroxylation is 1. The fourth-order valence-corrected chi connectivity index (χ4v) is 3.91. The van der Waals surface area contributed by atoms with Gasteiger partial charge in [0, 0.05) is 30.5 Å². The van der Waals surface area contributed by atoms with E-state index in [0.29, 0.717) is 17.5 Å². The maximum atomic E-state index is 12.9. The van der Waals surface area contributed by atoms with Gasteiger partial charge in [-0.25, -0.2) is 13.4 Å². The number of ether oxygens (including phenoxy) is 1. The molecule has 0 radical (unpaired) electrons. The molecule has 0 unspecified atom stereocenters. The molecule has 0 saturated heterocycles. The van der Waals surface area contributed by atoms with Gasteiger partial charge in [-0.2, -0.15) is 13.8 Å². The third kappa shape index (κ3) is 6.16. The molecule has 0 saturated carbocycles. The third-order valence-electron chi connectivity index (χ3n) is 4.58. The number of carbonyl (C=O) groups excluding carboxylic acids is 1. The number of alkyl halides is 2. The van der Waals surface area contributed by atoms with E-state index in [1.807, 2.05) is 24.3 Å². The van der Waals surface area contributed by atoms with Crippen LogP contribution in [-0.2, 0) is 9.84 Å². The Labute approximate surface area is 195 Å². The SMILES string of the molecule is COc1ccc(Nc2cc(C)nc(NCCNC(=O)c3ccccc3S(=O)(=O)C(F)F)n2)cc1. The van der Waals surface area contributed by atoms with E-state index >= 15 is 0 Å². The van der Waals surface area contributed by atoms with Crippen LogP contribution in [0.15, 0.2) is 59.5 Å². The van der Waals surface area contributed by atoms with Gasteiger partial charge in [-0.05, 0) is 43.3 Å². The molecule has 1 amide bonds. The number of anilines is 3. The normalized spacial score (nSPS) is 11.2. The number of nitrogens with one attached hydrogen (secondary N) is 3. The second-order valence-electron chi connectivity index (χ2n) is 7.06. The van der Waals surface area contributed by atoms with Crippen molar-refractivity contribution in [3.05, 3.63) is 65.9 Å². The Morgan fingerprint density at radius 2 is 1.76 bits per heavy atom. The summed E-state index contributed by atoms with van der Waals surface area (Å²) < 4.78 is 54.6. The Morgan fingerprint density at radius 3 is 2.44 bits per heavy atom. The highest BCUT2D eigenvalue weighted by atomic mass is 32.2. The van der Waals surface area contributed by atoms with Crippen LogP contribution in [0.2, 0.25) is 0 Å². The lowest BCUT2D eigenvalue weighted by molar-refractivity contribution is 0.0951. The highest BCUT2D eigenvalue weighted by Crippen LogP contribution is 2.22. The number of hydrogen-bond donors (Lipinski definition) is 3. The summed E-state index contributed by atoms with van der Waals surface area (Å²) in [5.74, 6) is -2.82. The first-order chi connectivity index (χ1) is 16.2. The number of benzene rings is 2. The molecule has 1 aromatic heterocycles. The molecule has 0 spiro atoms. The monoisotopic (exact) mass is 491 g/mol. The molecule has 9 nitrogen and oxygen atoms in total. The maximum absolute atomic E-state index is 12.9. The van der Waals surface area contributed by atoms with Crippen LogP contribution < -0.4 is 20.7 Å². The molecule has 1 heterocycles. The molecule has 0 aliphatic carbocycles. The first kappa shape index (κ1) is 24.8. The molecule has 3 aromatic rings. The molecular weight excluding hydrogens is 468 g/mol. The zero-order valence-electron chi connectivity index (χ0n) is 18.4. The predicted molar refractivity (Wildman–Crippen MR) is 124 cm³/mol. The molecule has 0 aliphatic heterocycles. The van der Waals surface area contributed by atoms with Crippen molar-refractivity contribution < 1.29 is 26.7 Å². The smallest absolute Gasteiger partial charge is 0.341 e. The summed E-state index contributed by atoms with van der Waals surface area (Å²) >= 11 is 0. The number of hydrogen-bond acceptors (Lipinski definition) is 8. The highest BCUT2D eigenvalue weighted by molar-refractivity contribution is 7.91. The standard InChI is InChI=1S/C22H23F2N5O4S/c1-14-13-19(28-15-7-9-16(33-2)10-8-15)29-22(27-14)26-12-11-25-20(30)17-5-3-4-6-18(17)34(31,32)21(23)24/h3-10,13,21H,11-12H2,1-2H3,(H,25,30)(H2,26,27,28,29). The van der Waals surface area contributed by atoms with Gasteiger partial charge in [0.05, 0.1) is 17.6 Å². The number of nitrogens with zero attached hydrogens (tertiary/aromatic N) is 2. The number of rotatable bonds is 10. The van der Waals surface area contributed by atoms with Gasteiger partial charge >= 0.3 is 5.76 Å². The van der Waals surface area contributed by atoms with E-state index in [9.17, 15) is 22.0 Å². The predicted octanol–water partition coefficient (Wildman–Crippen LogP) is 3.38. The van der Waals surface area contributed by atoms with Crippen molar-refractivity contribution in [3.8, 4) is 5.75 Å². The summed E-state index contributed by atoms with van der Waals surface area (Å²) in [6.45, 7) is 2.08. The number of carbonyl (C=O) groups is 1. The Bertz CT molecular complexity index is 1250. The quantitative estimate of drug-likeness (QED) is 0.369. The van der Waals surface area contributed by atoms with Gasteiger partial charge in [0.15, 0.2) is 0 Å². The van der Waals surface area contributed by atoms with E-state index < -0.39 is 26.4 Å². The van der Waals surface area contributed by atoms with Crippen molar-refractivity contribution >= 4 is 33.2 Å². The molecule has 3 N–H and O–H groups in total. The van der Waals surface area contributed by atoms with Gasteiger partial charge < -0.3 is 20.7 Å². The second kappa shape index (κ2) is 10.9. The van der Waals surface area contributed by atoms with Gasteiger partial charge in [0.1, 0.15) is 11.6 Å². The lowest BCUT2D eigenvalue weighted by Crippen LogP contribution is -2.30.